The Bertz CT molecular complexity index is 1380. The van der Waals surface area contributed by atoms with Crippen molar-refractivity contribution in [2.75, 3.05) is 0 Å². The summed E-state index contributed by atoms with van der Waals surface area (Å²) < 4.78 is 2.08. The number of aromatic hydroxyl groups is 1. The summed E-state index contributed by atoms with van der Waals surface area (Å²) in [6.45, 7) is 0.600. The van der Waals surface area contributed by atoms with Crippen LogP contribution in [0.15, 0.2) is 72.0 Å². The number of fused-ring (bicyclic) bond motifs is 1. The molecule has 0 atom stereocenters. The minimum Gasteiger partial charge on any atom is -0.507 e. The number of nitrogens with one attached hydrogen (secondary N) is 1. The van der Waals surface area contributed by atoms with Crippen LogP contribution in [0.3, 0.4) is 0 Å². The minimum atomic E-state index is -0.486. The Morgan fingerprint density at radius 1 is 1.12 bits per heavy atom. The van der Waals surface area contributed by atoms with Crippen molar-refractivity contribution in [3.63, 3.8) is 0 Å². The van der Waals surface area contributed by atoms with Crippen molar-refractivity contribution in [3.05, 3.63) is 99.2 Å². The van der Waals surface area contributed by atoms with Crippen LogP contribution in [0.5, 0.6) is 5.75 Å². The number of aromatic nitrogens is 1. The zero-order valence-corrected chi connectivity index (χ0v) is 18.1. The number of phenolic OH excluding ortho intramolecular Hbond substituents is 1. The molecule has 0 fully saturated rings. The average Bonchev–Trinajstić information content (AvgIpc) is 3.17. The summed E-state index contributed by atoms with van der Waals surface area (Å²) in [4.78, 5) is 12.3. The lowest BCUT2D eigenvalue weighted by Gasteiger charge is -2.07. The molecule has 0 aliphatic rings. The van der Waals surface area contributed by atoms with Crippen molar-refractivity contribution in [2.24, 2.45) is 5.10 Å². The SMILES string of the molecule is N#Cc1cc(C(=O)NN=Cc2cccc3c2ccn3Cc2cc(Cl)cc(Cl)c2)ccc1O. The predicted octanol–water partition coefficient (Wildman–Crippen LogP) is 5.34. The highest BCUT2D eigenvalue weighted by Gasteiger charge is 2.09. The topological polar surface area (TPSA) is 90.4 Å². The van der Waals surface area contributed by atoms with E-state index >= 15 is 0 Å². The molecule has 1 amide bonds. The Morgan fingerprint density at radius 3 is 2.66 bits per heavy atom. The van der Waals surface area contributed by atoms with Crippen molar-refractivity contribution in [1.82, 2.24) is 9.99 Å². The van der Waals surface area contributed by atoms with Gasteiger partial charge in [0.1, 0.15) is 11.8 Å². The third-order valence-corrected chi connectivity index (χ3v) is 5.31. The molecule has 0 spiro atoms. The fourth-order valence-corrected chi connectivity index (χ4v) is 3.96. The second-order valence-electron chi connectivity index (χ2n) is 7.04. The van der Waals surface area contributed by atoms with E-state index in [4.69, 9.17) is 28.5 Å². The van der Waals surface area contributed by atoms with Crippen LogP contribution >= 0.6 is 23.2 Å². The number of amides is 1. The van der Waals surface area contributed by atoms with Gasteiger partial charge in [0.05, 0.1) is 11.8 Å². The lowest BCUT2D eigenvalue weighted by atomic mass is 10.1. The molecular formula is C24H16Cl2N4O2. The molecule has 0 saturated heterocycles. The first kappa shape index (κ1) is 21.4. The summed E-state index contributed by atoms with van der Waals surface area (Å²) in [5.41, 5.74) is 5.50. The van der Waals surface area contributed by atoms with Crippen LogP contribution in [0.4, 0.5) is 0 Å². The quantitative estimate of drug-likeness (QED) is 0.309. The maximum absolute atomic E-state index is 12.3. The van der Waals surface area contributed by atoms with Crippen LogP contribution in [0.1, 0.15) is 27.0 Å². The Kier molecular flexibility index (Phi) is 6.13. The molecule has 6 nitrogen and oxygen atoms in total. The zero-order chi connectivity index (χ0) is 22.7. The summed E-state index contributed by atoms with van der Waals surface area (Å²) in [6, 6.07) is 19.1. The molecule has 0 saturated carbocycles. The molecule has 158 valence electrons. The average molecular weight is 463 g/mol. The van der Waals surface area contributed by atoms with Crippen LogP contribution in [-0.2, 0) is 6.54 Å². The molecule has 0 bridgehead atoms. The molecule has 1 aromatic heterocycles. The summed E-state index contributed by atoms with van der Waals surface area (Å²) in [5, 5.41) is 24.7. The van der Waals surface area contributed by atoms with E-state index in [1.807, 2.05) is 48.7 Å². The van der Waals surface area contributed by atoms with Gasteiger partial charge in [-0.3, -0.25) is 4.79 Å². The molecule has 32 heavy (non-hydrogen) atoms. The molecule has 4 rings (SSSR count). The first-order chi connectivity index (χ1) is 15.4. The van der Waals surface area contributed by atoms with Gasteiger partial charge in [0.2, 0.25) is 0 Å². The monoisotopic (exact) mass is 462 g/mol. The number of hydrazone groups is 1. The van der Waals surface area contributed by atoms with Crippen LogP contribution in [0, 0.1) is 11.3 Å². The lowest BCUT2D eigenvalue weighted by molar-refractivity contribution is 0.0955. The largest absolute Gasteiger partial charge is 0.507 e. The first-order valence-corrected chi connectivity index (χ1v) is 10.3. The second kappa shape index (κ2) is 9.15. The third-order valence-electron chi connectivity index (χ3n) is 4.87. The molecule has 1 heterocycles. The summed E-state index contributed by atoms with van der Waals surface area (Å²) in [6.07, 6.45) is 3.53. The number of carbonyl (C=O) groups excluding carboxylic acids is 1. The fraction of sp³-hybridized carbons (Fsp3) is 0.0417. The van der Waals surface area contributed by atoms with Crippen LogP contribution in [0.2, 0.25) is 10.0 Å². The smallest absolute Gasteiger partial charge is 0.271 e. The number of benzene rings is 3. The number of halogens is 2. The number of carbonyl (C=O) groups is 1. The molecule has 2 N–H and O–H groups in total. The number of nitriles is 1. The summed E-state index contributed by atoms with van der Waals surface area (Å²) in [5.74, 6) is -0.663. The van der Waals surface area contributed by atoms with E-state index in [1.54, 1.807) is 12.3 Å². The Morgan fingerprint density at radius 2 is 1.91 bits per heavy atom. The maximum Gasteiger partial charge on any atom is 0.271 e. The maximum atomic E-state index is 12.3. The van der Waals surface area contributed by atoms with Gasteiger partial charge in [0, 0.05) is 44.8 Å². The van der Waals surface area contributed by atoms with E-state index in [2.05, 4.69) is 15.1 Å². The van der Waals surface area contributed by atoms with Gasteiger partial charge < -0.3 is 9.67 Å². The molecule has 8 heteroatoms. The van der Waals surface area contributed by atoms with Crippen molar-refractivity contribution in [3.8, 4) is 11.8 Å². The van der Waals surface area contributed by atoms with Crippen molar-refractivity contribution >= 4 is 46.2 Å². The zero-order valence-electron chi connectivity index (χ0n) is 16.6. The van der Waals surface area contributed by atoms with Crippen molar-refractivity contribution < 1.29 is 9.90 Å². The summed E-state index contributed by atoms with van der Waals surface area (Å²) in [7, 11) is 0. The van der Waals surface area contributed by atoms with E-state index < -0.39 is 5.91 Å². The van der Waals surface area contributed by atoms with Gasteiger partial charge in [-0.05, 0) is 54.1 Å². The van der Waals surface area contributed by atoms with E-state index in [0.717, 1.165) is 22.0 Å². The van der Waals surface area contributed by atoms with E-state index in [0.29, 0.717) is 16.6 Å². The minimum absolute atomic E-state index is 0.0220. The standard InChI is InChI=1S/C24H16Cl2N4O2/c25-19-8-15(9-20(26)11-19)14-30-7-6-21-17(2-1-3-22(21)30)13-28-29-24(32)16-4-5-23(31)18(10-16)12-27/h1-11,13,31H,14H2,(H,29,32). The van der Waals surface area contributed by atoms with Crippen molar-refractivity contribution in [2.45, 2.75) is 6.54 Å². The highest BCUT2D eigenvalue weighted by atomic mass is 35.5. The van der Waals surface area contributed by atoms with E-state index in [9.17, 15) is 9.90 Å². The predicted molar refractivity (Wildman–Crippen MR) is 125 cm³/mol. The van der Waals surface area contributed by atoms with Gasteiger partial charge in [0.25, 0.3) is 5.91 Å². The fourth-order valence-electron chi connectivity index (χ4n) is 3.39. The van der Waals surface area contributed by atoms with Gasteiger partial charge >= 0.3 is 0 Å². The molecule has 0 unspecified atom stereocenters. The van der Waals surface area contributed by atoms with Crippen LogP contribution < -0.4 is 5.43 Å². The second-order valence-corrected chi connectivity index (χ2v) is 7.92. The van der Waals surface area contributed by atoms with Gasteiger partial charge in [-0.1, -0.05) is 35.3 Å². The lowest BCUT2D eigenvalue weighted by Crippen LogP contribution is -2.17. The van der Waals surface area contributed by atoms with Crippen LogP contribution in [0.25, 0.3) is 10.9 Å². The molecule has 0 aliphatic carbocycles. The molecular weight excluding hydrogens is 447 g/mol. The molecule has 3 aromatic carbocycles. The third kappa shape index (κ3) is 4.59. The molecule has 0 radical (unpaired) electrons. The summed E-state index contributed by atoms with van der Waals surface area (Å²) >= 11 is 12.2. The number of phenols is 1. The van der Waals surface area contributed by atoms with Crippen LogP contribution in [-0.4, -0.2) is 21.8 Å². The highest BCUT2D eigenvalue weighted by Crippen LogP contribution is 2.23. The van der Waals surface area contributed by atoms with E-state index in [1.165, 1.54) is 18.2 Å². The Hall–Kier alpha value is -3.79. The Balaban J connectivity index is 1.53. The Labute approximate surface area is 193 Å². The molecule has 4 aromatic rings. The van der Waals surface area contributed by atoms with Crippen molar-refractivity contribution in [1.29, 1.82) is 5.26 Å². The molecule has 0 aliphatic heterocycles. The van der Waals surface area contributed by atoms with Gasteiger partial charge in [-0.25, -0.2) is 5.43 Å². The normalized spacial score (nSPS) is 11.0. The van der Waals surface area contributed by atoms with Gasteiger partial charge in [0.15, 0.2) is 0 Å². The van der Waals surface area contributed by atoms with Gasteiger partial charge in [-0.15, -0.1) is 0 Å². The number of nitrogens with zero attached hydrogens (tertiary/aromatic N) is 3. The number of hydrogen-bond acceptors (Lipinski definition) is 4. The first-order valence-electron chi connectivity index (χ1n) is 9.54. The number of rotatable bonds is 5. The highest BCUT2D eigenvalue weighted by molar-refractivity contribution is 6.34. The van der Waals surface area contributed by atoms with Gasteiger partial charge in [-0.2, -0.15) is 10.4 Å². The van der Waals surface area contributed by atoms with E-state index in [-0.39, 0.29) is 16.9 Å². The number of hydrogen-bond donors (Lipinski definition) is 2.